The lowest BCUT2D eigenvalue weighted by Crippen LogP contribution is -2.51. The number of carbonyl (C=O) groups is 3. The second-order valence-electron chi connectivity index (χ2n) is 8.91. The molecule has 0 unspecified atom stereocenters. The molecule has 0 N–H and O–H groups in total. The molecule has 2 atom stereocenters. The summed E-state index contributed by atoms with van der Waals surface area (Å²) in [6, 6.07) is 22.9. The third-order valence-corrected chi connectivity index (χ3v) is 7.57. The lowest BCUT2D eigenvalue weighted by atomic mass is 9.48. The van der Waals surface area contributed by atoms with Gasteiger partial charge in [-0.1, -0.05) is 61.5 Å². The second kappa shape index (κ2) is 6.39. The zero-order valence-corrected chi connectivity index (χ0v) is 17.7. The van der Waals surface area contributed by atoms with Gasteiger partial charge in [-0.05, 0) is 40.5 Å². The monoisotopic (exact) mass is 423 g/mol. The predicted molar refractivity (Wildman–Crippen MR) is 118 cm³/mol. The van der Waals surface area contributed by atoms with E-state index in [0.717, 1.165) is 22.3 Å². The average molecular weight is 423 g/mol. The first-order valence-electron chi connectivity index (χ1n) is 10.7. The number of carbonyl (C=O) groups excluding carboxylic acids is 3. The largest absolute Gasteiger partial charge is 0.465 e. The van der Waals surface area contributed by atoms with E-state index >= 15 is 0 Å². The van der Waals surface area contributed by atoms with E-state index in [1.807, 2.05) is 24.3 Å². The standard InChI is InChI=1S/C27H21NO4/c1-27-19-12-5-3-10-17(19)21(18-11-4-6-13-20(18)27)22-23(27)25(30)28(24(22)29)16-9-7-8-15(14-16)26(31)32-2/h3-14,21-23H,1-2H3/t21?,22-,23+,27?/m1/s1. The highest BCUT2D eigenvalue weighted by Crippen LogP contribution is 2.64. The molecule has 0 radical (unpaired) electrons. The van der Waals surface area contributed by atoms with Gasteiger partial charge in [0, 0.05) is 11.3 Å². The summed E-state index contributed by atoms with van der Waals surface area (Å²) in [5.41, 5.74) is 4.61. The van der Waals surface area contributed by atoms with Gasteiger partial charge in [0.15, 0.2) is 0 Å². The Hall–Kier alpha value is -3.73. The van der Waals surface area contributed by atoms with Gasteiger partial charge in [0.1, 0.15) is 0 Å². The summed E-state index contributed by atoms with van der Waals surface area (Å²) in [6.45, 7) is 2.09. The van der Waals surface area contributed by atoms with Crippen LogP contribution in [-0.2, 0) is 19.7 Å². The van der Waals surface area contributed by atoms with E-state index in [-0.39, 0.29) is 17.7 Å². The first-order valence-corrected chi connectivity index (χ1v) is 10.7. The van der Waals surface area contributed by atoms with Crippen molar-refractivity contribution in [3.8, 4) is 0 Å². The number of benzene rings is 3. The zero-order valence-electron chi connectivity index (χ0n) is 17.7. The molecule has 1 heterocycles. The van der Waals surface area contributed by atoms with Gasteiger partial charge in [-0.15, -0.1) is 0 Å². The van der Waals surface area contributed by atoms with E-state index in [4.69, 9.17) is 4.74 Å². The van der Waals surface area contributed by atoms with Crippen molar-refractivity contribution in [3.05, 3.63) is 101 Å². The number of imide groups is 1. The molecule has 3 aliphatic carbocycles. The lowest BCUT2D eigenvalue weighted by Gasteiger charge is -2.52. The highest BCUT2D eigenvalue weighted by Gasteiger charge is 2.66. The van der Waals surface area contributed by atoms with E-state index in [1.54, 1.807) is 24.3 Å². The Morgan fingerprint density at radius 3 is 2.12 bits per heavy atom. The molecular formula is C27H21NO4. The van der Waals surface area contributed by atoms with Crippen LogP contribution in [0.2, 0.25) is 0 Å². The fourth-order valence-electron chi connectivity index (χ4n) is 6.30. The molecule has 3 aromatic carbocycles. The van der Waals surface area contributed by atoms with E-state index in [9.17, 15) is 14.4 Å². The molecule has 4 aliphatic rings. The SMILES string of the molecule is COC(=O)c1cccc(N2C(=O)[C@@H]3C4c5ccccc5C(C)(c5ccccc54)[C@@H]3C2=O)c1. The first kappa shape index (κ1) is 19.0. The van der Waals surface area contributed by atoms with Crippen LogP contribution in [0.25, 0.3) is 0 Å². The van der Waals surface area contributed by atoms with Crippen molar-refractivity contribution < 1.29 is 19.1 Å². The Kier molecular flexibility index (Phi) is 3.79. The van der Waals surface area contributed by atoms with Crippen molar-refractivity contribution in [3.63, 3.8) is 0 Å². The lowest BCUT2D eigenvalue weighted by molar-refractivity contribution is -0.123. The summed E-state index contributed by atoms with van der Waals surface area (Å²) < 4.78 is 4.82. The quantitative estimate of drug-likeness (QED) is 0.461. The Bertz CT molecular complexity index is 1280. The van der Waals surface area contributed by atoms with Crippen molar-refractivity contribution in [1.29, 1.82) is 0 Å². The van der Waals surface area contributed by atoms with Crippen LogP contribution in [-0.4, -0.2) is 24.9 Å². The molecule has 5 heteroatoms. The third kappa shape index (κ3) is 2.15. The molecule has 1 fully saturated rings. The number of hydrogen-bond donors (Lipinski definition) is 0. The van der Waals surface area contributed by atoms with Crippen molar-refractivity contribution >= 4 is 23.5 Å². The molecule has 0 aromatic heterocycles. The summed E-state index contributed by atoms with van der Waals surface area (Å²) in [4.78, 5) is 41.1. The molecule has 7 rings (SSSR count). The number of esters is 1. The van der Waals surface area contributed by atoms with Gasteiger partial charge in [-0.2, -0.15) is 0 Å². The zero-order chi connectivity index (χ0) is 22.2. The molecule has 1 saturated heterocycles. The van der Waals surface area contributed by atoms with Crippen LogP contribution < -0.4 is 4.90 Å². The molecule has 0 spiro atoms. The van der Waals surface area contributed by atoms with Gasteiger partial charge >= 0.3 is 5.97 Å². The molecule has 158 valence electrons. The first-order chi connectivity index (χ1) is 15.5. The average Bonchev–Trinajstić information content (AvgIpc) is 3.10. The summed E-state index contributed by atoms with van der Waals surface area (Å²) in [5.74, 6) is -2.05. The van der Waals surface area contributed by atoms with Crippen LogP contribution in [0.3, 0.4) is 0 Å². The smallest absolute Gasteiger partial charge is 0.337 e. The maximum absolute atomic E-state index is 13.9. The number of hydrogen-bond acceptors (Lipinski definition) is 4. The number of rotatable bonds is 2. The Labute approximate surface area is 185 Å². The Morgan fingerprint density at radius 2 is 1.50 bits per heavy atom. The van der Waals surface area contributed by atoms with E-state index in [2.05, 4.69) is 31.2 Å². The Balaban J connectivity index is 1.56. The minimum atomic E-state index is -0.603. The van der Waals surface area contributed by atoms with Crippen molar-refractivity contribution in [2.45, 2.75) is 18.3 Å². The molecule has 3 aromatic rings. The van der Waals surface area contributed by atoms with Crippen molar-refractivity contribution in [1.82, 2.24) is 0 Å². The third-order valence-electron chi connectivity index (χ3n) is 7.57. The minimum absolute atomic E-state index is 0.167. The normalized spacial score (nSPS) is 27.1. The highest BCUT2D eigenvalue weighted by atomic mass is 16.5. The van der Waals surface area contributed by atoms with Gasteiger partial charge < -0.3 is 4.74 Å². The highest BCUT2D eigenvalue weighted by molar-refractivity contribution is 6.24. The van der Waals surface area contributed by atoms with E-state index in [1.165, 1.54) is 12.0 Å². The number of methoxy groups -OCH3 is 1. The fourth-order valence-corrected chi connectivity index (χ4v) is 6.30. The molecule has 0 saturated carbocycles. The summed E-state index contributed by atoms with van der Waals surface area (Å²) in [6.07, 6.45) is 0. The van der Waals surface area contributed by atoms with Gasteiger partial charge in [0.25, 0.3) is 0 Å². The minimum Gasteiger partial charge on any atom is -0.465 e. The fraction of sp³-hybridized carbons (Fsp3) is 0.222. The van der Waals surface area contributed by atoms with Crippen LogP contribution >= 0.6 is 0 Å². The van der Waals surface area contributed by atoms with Crippen LogP contribution in [0.4, 0.5) is 5.69 Å². The second-order valence-corrected chi connectivity index (χ2v) is 8.91. The molecule has 32 heavy (non-hydrogen) atoms. The maximum atomic E-state index is 13.9. The van der Waals surface area contributed by atoms with Crippen LogP contribution in [0.15, 0.2) is 72.8 Å². The summed E-state index contributed by atoms with van der Waals surface area (Å²) >= 11 is 0. The number of anilines is 1. The Morgan fingerprint density at radius 1 is 0.875 bits per heavy atom. The van der Waals surface area contributed by atoms with Gasteiger partial charge in [-0.25, -0.2) is 9.69 Å². The maximum Gasteiger partial charge on any atom is 0.337 e. The predicted octanol–water partition coefficient (Wildman–Crippen LogP) is 4.04. The van der Waals surface area contributed by atoms with E-state index in [0.29, 0.717) is 11.3 Å². The van der Waals surface area contributed by atoms with Crippen molar-refractivity contribution in [2.24, 2.45) is 11.8 Å². The van der Waals surface area contributed by atoms with Crippen molar-refractivity contribution in [2.75, 3.05) is 12.0 Å². The molecule has 5 nitrogen and oxygen atoms in total. The van der Waals surface area contributed by atoms with Gasteiger partial charge in [-0.3, -0.25) is 9.59 Å². The summed E-state index contributed by atoms with van der Waals surface area (Å²) in [5, 5.41) is 0. The van der Waals surface area contributed by atoms with Gasteiger partial charge in [0.2, 0.25) is 11.8 Å². The summed E-state index contributed by atoms with van der Waals surface area (Å²) in [7, 11) is 1.31. The molecule has 1 aliphatic heterocycles. The topological polar surface area (TPSA) is 63.7 Å². The molecular weight excluding hydrogens is 402 g/mol. The van der Waals surface area contributed by atoms with Crippen LogP contribution in [0.1, 0.15) is 45.5 Å². The number of nitrogens with zero attached hydrogens (tertiary/aromatic N) is 1. The molecule has 2 bridgehead atoms. The molecule has 2 amide bonds. The van der Waals surface area contributed by atoms with Crippen LogP contribution in [0, 0.1) is 11.8 Å². The number of amides is 2. The van der Waals surface area contributed by atoms with E-state index < -0.39 is 23.2 Å². The van der Waals surface area contributed by atoms with Crippen LogP contribution in [0.5, 0.6) is 0 Å². The number of ether oxygens (including phenoxy) is 1. The van der Waals surface area contributed by atoms with Gasteiger partial charge in [0.05, 0.1) is 30.2 Å².